The van der Waals surface area contributed by atoms with E-state index >= 15 is 0 Å². The molecule has 39 heavy (non-hydrogen) atoms. The standard InChI is InChI=1S/C32H31N3O4/c1-22(2)34-28-18-20-38-27-16-10-9-15-25(27)29(24-13-7-4-8-14-24)35(28)33-19-17-26(36)31(30(33)32(34)37)39-21-23-11-5-3-6-12-23/h3-17,19,22,28-29H,18,20-21H2,1-2H3/t28-,29?/m0/s1. The van der Waals surface area contributed by atoms with Gasteiger partial charge in [-0.25, -0.2) is 0 Å². The van der Waals surface area contributed by atoms with E-state index in [-0.39, 0.29) is 47.6 Å². The summed E-state index contributed by atoms with van der Waals surface area (Å²) < 4.78 is 14.2. The van der Waals surface area contributed by atoms with E-state index in [4.69, 9.17) is 9.47 Å². The van der Waals surface area contributed by atoms with Crippen molar-refractivity contribution in [3.05, 3.63) is 130 Å². The monoisotopic (exact) mass is 521 g/mol. The maximum Gasteiger partial charge on any atom is 0.278 e. The van der Waals surface area contributed by atoms with Crippen LogP contribution in [0.4, 0.5) is 0 Å². The van der Waals surface area contributed by atoms with Crippen molar-refractivity contribution in [1.29, 1.82) is 0 Å². The molecule has 0 N–H and O–H groups in total. The Balaban J connectivity index is 1.58. The first-order chi connectivity index (χ1) is 19.0. The molecule has 0 radical (unpaired) electrons. The van der Waals surface area contributed by atoms with E-state index in [1.165, 1.54) is 6.07 Å². The largest absolute Gasteiger partial charge is 0.493 e. The molecule has 1 aromatic heterocycles. The van der Waals surface area contributed by atoms with Crippen molar-refractivity contribution in [3.63, 3.8) is 0 Å². The summed E-state index contributed by atoms with van der Waals surface area (Å²) in [5, 5.41) is 2.21. The fourth-order valence-electron chi connectivity index (χ4n) is 5.66. The van der Waals surface area contributed by atoms with E-state index in [0.29, 0.717) is 13.0 Å². The topological polar surface area (TPSA) is 64.0 Å². The number of carbonyl (C=O) groups excluding carboxylic acids is 1. The van der Waals surface area contributed by atoms with Crippen LogP contribution in [0.15, 0.2) is 102 Å². The van der Waals surface area contributed by atoms with Crippen LogP contribution in [-0.2, 0) is 6.61 Å². The molecule has 2 atom stereocenters. The first-order valence-corrected chi connectivity index (χ1v) is 13.3. The third-order valence-corrected chi connectivity index (χ3v) is 7.36. The minimum Gasteiger partial charge on any atom is -0.493 e. The lowest BCUT2D eigenvalue weighted by Gasteiger charge is -2.52. The molecular formula is C32H31N3O4. The van der Waals surface area contributed by atoms with Gasteiger partial charge < -0.3 is 14.4 Å². The number of fused-ring (bicyclic) bond motifs is 4. The summed E-state index contributed by atoms with van der Waals surface area (Å²) in [6, 6.07) is 29.0. The van der Waals surface area contributed by atoms with Crippen LogP contribution in [0.2, 0.25) is 0 Å². The normalized spacial score (nSPS) is 18.4. The van der Waals surface area contributed by atoms with Crippen LogP contribution < -0.4 is 19.9 Å². The van der Waals surface area contributed by atoms with E-state index in [1.54, 1.807) is 6.20 Å². The molecule has 0 fully saturated rings. The molecule has 1 amide bonds. The summed E-state index contributed by atoms with van der Waals surface area (Å²) >= 11 is 0. The molecule has 3 aromatic carbocycles. The Morgan fingerprint density at radius 1 is 0.897 bits per heavy atom. The lowest BCUT2D eigenvalue weighted by atomic mass is 9.95. The van der Waals surface area contributed by atoms with Gasteiger partial charge in [0.15, 0.2) is 11.4 Å². The summed E-state index contributed by atoms with van der Waals surface area (Å²) in [6.45, 7) is 4.64. The van der Waals surface area contributed by atoms with Crippen LogP contribution in [0, 0.1) is 0 Å². The maximum absolute atomic E-state index is 14.2. The van der Waals surface area contributed by atoms with Crippen LogP contribution in [0.25, 0.3) is 0 Å². The van der Waals surface area contributed by atoms with E-state index in [9.17, 15) is 9.59 Å². The summed E-state index contributed by atoms with van der Waals surface area (Å²) in [4.78, 5) is 29.3. The predicted octanol–water partition coefficient (Wildman–Crippen LogP) is 5.13. The average Bonchev–Trinajstić information content (AvgIpc) is 2.94. The number of hydrogen-bond donors (Lipinski definition) is 0. The van der Waals surface area contributed by atoms with Crippen molar-refractivity contribution in [2.24, 2.45) is 0 Å². The number of amides is 1. The number of aromatic nitrogens is 1. The van der Waals surface area contributed by atoms with Gasteiger partial charge in [0, 0.05) is 30.3 Å². The smallest absolute Gasteiger partial charge is 0.278 e. The average molecular weight is 522 g/mol. The van der Waals surface area contributed by atoms with Gasteiger partial charge in [-0.05, 0) is 31.0 Å². The number of pyridine rings is 1. The lowest BCUT2D eigenvalue weighted by molar-refractivity contribution is 0.0404. The molecule has 3 heterocycles. The molecule has 0 spiro atoms. The number of ether oxygens (including phenoxy) is 2. The van der Waals surface area contributed by atoms with Gasteiger partial charge >= 0.3 is 0 Å². The second kappa shape index (κ2) is 10.3. The van der Waals surface area contributed by atoms with Gasteiger partial charge in [0.1, 0.15) is 24.6 Å². The Labute approximate surface area is 227 Å². The zero-order valence-corrected chi connectivity index (χ0v) is 22.1. The molecule has 7 nitrogen and oxygen atoms in total. The molecule has 0 saturated heterocycles. The number of nitrogens with zero attached hydrogens (tertiary/aromatic N) is 3. The Bertz CT molecular complexity index is 1530. The van der Waals surface area contributed by atoms with E-state index in [1.807, 2.05) is 90.2 Å². The second-order valence-electron chi connectivity index (χ2n) is 10.1. The van der Waals surface area contributed by atoms with Gasteiger partial charge in [0.25, 0.3) is 5.91 Å². The highest BCUT2D eigenvalue weighted by atomic mass is 16.5. The highest BCUT2D eigenvalue weighted by Crippen LogP contribution is 2.41. The SMILES string of the molecule is CC(C)N1C(=O)c2c(OCc3ccccc3)c(=O)ccn2N2C(c3ccccc3)c3ccccc3OCC[C@@H]12. The summed E-state index contributed by atoms with van der Waals surface area (Å²) in [5.41, 5.74) is 2.88. The molecule has 0 aliphatic carbocycles. The van der Waals surface area contributed by atoms with Gasteiger partial charge in [-0.3, -0.25) is 19.3 Å². The zero-order valence-electron chi connectivity index (χ0n) is 22.1. The molecule has 4 aromatic rings. The molecule has 2 aliphatic rings. The van der Waals surface area contributed by atoms with Gasteiger partial charge in [0.2, 0.25) is 5.43 Å². The number of para-hydroxylation sites is 1. The highest BCUT2D eigenvalue weighted by molar-refractivity contribution is 5.97. The van der Waals surface area contributed by atoms with Crippen molar-refractivity contribution in [2.75, 3.05) is 11.6 Å². The van der Waals surface area contributed by atoms with Crippen LogP contribution in [0.3, 0.4) is 0 Å². The van der Waals surface area contributed by atoms with Crippen molar-refractivity contribution < 1.29 is 14.3 Å². The van der Waals surface area contributed by atoms with Gasteiger partial charge in [-0.1, -0.05) is 78.9 Å². The van der Waals surface area contributed by atoms with E-state index in [0.717, 1.165) is 22.4 Å². The van der Waals surface area contributed by atoms with Crippen molar-refractivity contribution in [1.82, 2.24) is 9.58 Å². The van der Waals surface area contributed by atoms with Gasteiger partial charge in [-0.15, -0.1) is 0 Å². The first kappa shape index (κ1) is 24.8. The lowest BCUT2D eigenvalue weighted by Crippen LogP contribution is -2.64. The van der Waals surface area contributed by atoms with Crippen LogP contribution in [0.1, 0.15) is 53.5 Å². The third-order valence-electron chi connectivity index (χ3n) is 7.36. The quantitative estimate of drug-likeness (QED) is 0.365. The van der Waals surface area contributed by atoms with Gasteiger partial charge in [-0.2, -0.15) is 0 Å². The fourth-order valence-corrected chi connectivity index (χ4v) is 5.66. The van der Waals surface area contributed by atoms with Crippen molar-refractivity contribution in [3.8, 4) is 11.5 Å². The second-order valence-corrected chi connectivity index (χ2v) is 10.1. The number of rotatable bonds is 5. The molecule has 1 unspecified atom stereocenters. The van der Waals surface area contributed by atoms with E-state index < -0.39 is 0 Å². The molecular weight excluding hydrogens is 490 g/mol. The molecule has 0 bridgehead atoms. The first-order valence-electron chi connectivity index (χ1n) is 13.3. The Morgan fingerprint density at radius 2 is 1.59 bits per heavy atom. The maximum atomic E-state index is 14.2. The summed E-state index contributed by atoms with van der Waals surface area (Å²) in [6.07, 6.45) is 1.98. The molecule has 6 rings (SSSR count). The van der Waals surface area contributed by atoms with Crippen LogP contribution >= 0.6 is 0 Å². The van der Waals surface area contributed by atoms with Crippen LogP contribution in [-0.4, -0.2) is 34.3 Å². The van der Waals surface area contributed by atoms with Gasteiger partial charge in [0.05, 0.1) is 6.61 Å². The minimum absolute atomic E-state index is 0.0638. The van der Waals surface area contributed by atoms with Crippen molar-refractivity contribution in [2.45, 2.75) is 45.1 Å². The Morgan fingerprint density at radius 3 is 2.33 bits per heavy atom. The number of hydrogen-bond acceptors (Lipinski definition) is 5. The van der Waals surface area contributed by atoms with Crippen LogP contribution in [0.5, 0.6) is 11.5 Å². The molecule has 198 valence electrons. The molecule has 7 heteroatoms. The highest BCUT2D eigenvalue weighted by Gasteiger charge is 2.45. The predicted molar refractivity (Wildman–Crippen MR) is 150 cm³/mol. The minimum atomic E-state index is -0.320. The number of carbonyl (C=O) groups is 1. The Kier molecular flexibility index (Phi) is 6.57. The molecule has 2 aliphatic heterocycles. The number of benzene rings is 3. The fraction of sp³-hybridized carbons (Fsp3) is 0.250. The third kappa shape index (κ3) is 4.44. The molecule has 0 saturated carbocycles. The van der Waals surface area contributed by atoms with E-state index in [2.05, 4.69) is 23.2 Å². The Hall–Kier alpha value is -4.52. The summed E-state index contributed by atoms with van der Waals surface area (Å²) in [7, 11) is 0. The summed E-state index contributed by atoms with van der Waals surface area (Å²) in [5.74, 6) is 0.641. The zero-order chi connectivity index (χ0) is 26.9. The van der Waals surface area contributed by atoms with Crippen molar-refractivity contribution >= 4 is 5.91 Å².